The highest BCUT2D eigenvalue weighted by molar-refractivity contribution is 6.17. The third-order valence-electron chi connectivity index (χ3n) is 2.15. The van der Waals surface area contributed by atoms with Gasteiger partial charge in [-0.3, -0.25) is 0 Å². The molecule has 0 aromatic heterocycles. The van der Waals surface area contributed by atoms with Crippen LogP contribution in [0.4, 0.5) is 0 Å². The van der Waals surface area contributed by atoms with Crippen molar-refractivity contribution in [2.75, 3.05) is 5.88 Å². The number of hydrogen-bond acceptors (Lipinski definition) is 1. The summed E-state index contributed by atoms with van der Waals surface area (Å²) >= 11 is 5.58. The molecule has 0 aliphatic rings. The molecule has 1 N–H and O–H groups in total. The van der Waals surface area contributed by atoms with E-state index in [1.807, 2.05) is 25.1 Å². The van der Waals surface area contributed by atoms with E-state index in [1.165, 1.54) is 0 Å². The summed E-state index contributed by atoms with van der Waals surface area (Å²) in [4.78, 5) is 11.0. The van der Waals surface area contributed by atoms with Gasteiger partial charge in [-0.25, -0.2) is 4.79 Å². The van der Waals surface area contributed by atoms with Crippen molar-refractivity contribution in [1.82, 2.24) is 0 Å². The van der Waals surface area contributed by atoms with Crippen molar-refractivity contribution >= 4 is 17.6 Å². The number of rotatable bonds is 4. The van der Waals surface area contributed by atoms with Crippen LogP contribution >= 0.6 is 11.6 Å². The Hall–Kier alpha value is -1.02. The monoisotopic (exact) mass is 212 g/mol. The Labute approximate surface area is 88.5 Å². The Bertz CT molecular complexity index is 334. The highest BCUT2D eigenvalue weighted by Gasteiger charge is 2.11. The van der Waals surface area contributed by atoms with Crippen molar-refractivity contribution in [1.29, 1.82) is 0 Å². The fourth-order valence-corrected chi connectivity index (χ4v) is 1.63. The summed E-state index contributed by atoms with van der Waals surface area (Å²) in [5.41, 5.74) is 2.11. The van der Waals surface area contributed by atoms with E-state index in [0.29, 0.717) is 11.4 Å². The lowest BCUT2D eigenvalue weighted by molar-refractivity contribution is 0.0695. The average Bonchev–Trinajstić information content (AvgIpc) is 2.14. The summed E-state index contributed by atoms with van der Waals surface area (Å²) in [7, 11) is 0. The average molecular weight is 213 g/mol. The number of hydrogen-bond donors (Lipinski definition) is 1. The predicted molar refractivity (Wildman–Crippen MR) is 57.2 cm³/mol. The number of carboxylic acids is 1. The molecule has 0 saturated carbocycles. The maximum atomic E-state index is 11.0. The van der Waals surface area contributed by atoms with Crippen molar-refractivity contribution in [2.45, 2.75) is 19.8 Å². The van der Waals surface area contributed by atoms with Crippen LogP contribution in [0.1, 0.15) is 27.9 Å². The molecular formula is C11H13ClO2. The van der Waals surface area contributed by atoms with Crippen LogP contribution in [0, 0.1) is 6.92 Å². The molecule has 2 nitrogen and oxygen atoms in total. The van der Waals surface area contributed by atoms with Gasteiger partial charge >= 0.3 is 5.97 Å². The molecule has 14 heavy (non-hydrogen) atoms. The molecule has 1 aromatic rings. The zero-order chi connectivity index (χ0) is 10.6. The van der Waals surface area contributed by atoms with E-state index < -0.39 is 5.97 Å². The Morgan fingerprint density at radius 1 is 1.50 bits per heavy atom. The first kappa shape index (κ1) is 11.1. The molecule has 0 atom stereocenters. The van der Waals surface area contributed by atoms with Gasteiger partial charge in [0.2, 0.25) is 0 Å². The van der Waals surface area contributed by atoms with Gasteiger partial charge in [-0.05, 0) is 30.9 Å². The van der Waals surface area contributed by atoms with Crippen molar-refractivity contribution in [3.05, 3.63) is 34.9 Å². The predicted octanol–water partition coefficient (Wildman–Crippen LogP) is 2.86. The molecule has 0 spiro atoms. The zero-order valence-corrected chi connectivity index (χ0v) is 8.84. The van der Waals surface area contributed by atoms with Gasteiger partial charge in [-0.15, -0.1) is 11.6 Å². The van der Waals surface area contributed by atoms with E-state index in [-0.39, 0.29) is 0 Å². The molecule has 1 rings (SSSR count). The van der Waals surface area contributed by atoms with Gasteiger partial charge in [0.05, 0.1) is 5.56 Å². The SMILES string of the molecule is Cc1cccc(CCCCl)c1C(=O)O. The summed E-state index contributed by atoms with van der Waals surface area (Å²) in [6, 6.07) is 5.54. The van der Waals surface area contributed by atoms with E-state index in [2.05, 4.69) is 0 Å². The number of alkyl halides is 1. The zero-order valence-electron chi connectivity index (χ0n) is 8.09. The molecule has 0 fully saturated rings. The van der Waals surface area contributed by atoms with Gasteiger partial charge in [0.15, 0.2) is 0 Å². The fourth-order valence-electron chi connectivity index (χ4n) is 1.50. The fraction of sp³-hybridized carbons (Fsp3) is 0.364. The Morgan fingerprint density at radius 2 is 2.21 bits per heavy atom. The van der Waals surface area contributed by atoms with Crippen LogP contribution in [0.15, 0.2) is 18.2 Å². The van der Waals surface area contributed by atoms with Gasteiger partial charge in [0.25, 0.3) is 0 Å². The third-order valence-corrected chi connectivity index (χ3v) is 2.42. The first-order chi connectivity index (χ1) is 6.66. The van der Waals surface area contributed by atoms with Crippen molar-refractivity contribution in [3.8, 4) is 0 Å². The molecular weight excluding hydrogens is 200 g/mol. The standard InChI is InChI=1S/C11H13ClO2/c1-8-4-2-5-9(6-3-7-12)10(8)11(13)14/h2,4-5H,3,6-7H2,1H3,(H,13,14). The molecule has 1 aromatic carbocycles. The summed E-state index contributed by atoms with van der Waals surface area (Å²) in [6.07, 6.45) is 1.54. The number of aromatic carboxylic acids is 1. The molecule has 0 saturated heterocycles. The number of halogens is 1. The van der Waals surface area contributed by atoms with Crippen LogP contribution in [-0.2, 0) is 6.42 Å². The van der Waals surface area contributed by atoms with Crippen LogP contribution in [0.3, 0.4) is 0 Å². The molecule has 3 heteroatoms. The highest BCUT2D eigenvalue weighted by Crippen LogP contribution is 2.16. The second-order valence-electron chi connectivity index (χ2n) is 3.21. The van der Waals surface area contributed by atoms with Gasteiger partial charge in [0.1, 0.15) is 0 Å². The minimum atomic E-state index is -0.854. The topological polar surface area (TPSA) is 37.3 Å². The molecule has 76 valence electrons. The molecule has 0 heterocycles. The van der Waals surface area contributed by atoms with E-state index in [1.54, 1.807) is 0 Å². The Morgan fingerprint density at radius 3 is 2.79 bits per heavy atom. The molecule has 0 aliphatic heterocycles. The maximum absolute atomic E-state index is 11.0. The molecule has 0 unspecified atom stereocenters. The smallest absolute Gasteiger partial charge is 0.336 e. The number of aryl methyl sites for hydroxylation is 2. The lowest BCUT2D eigenvalue weighted by atomic mass is 9.99. The summed E-state index contributed by atoms with van der Waals surface area (Å²) in [6.45, 7) is 1.81. The number of benzene rings is 1. The molecule has 0 aliphatic carbocycles. The summed E-state index contributed by atoms with van der Waals surface area (Å²) < 4.78 is 0. The van der Waals surface area contributed by atoms with Crippen molar-refractivity contribution < 1.29 is 9.90 Å². The minimum absolute atomic E-state index is 0.428. The van der Waals surface area contributed by atoms with Gasteiger partial charge in [-0.1, -0.05) is 18.2 Å². The van der Waals surface area contributed by atoms with Crippen LogP contribution in [-0.4, -0.2) is 17.0 Å². The lowest BCUT2D eigenvalue weighted by Gasteiger charge is -2.07. The Kier molecular flexibility index (Phi) is 3.96. The van der Waals surface area contributed by atoms with Gasteiger partial charge in [0, 0.05) is 5.88 Å². The maximum Gasteiger partial charge on any atom is 0.336 e. The first-order valence-electron chi connectivity index (χ1n) is 4.54. The lowest BCUT2D eigenvalue weighted by Crippen LogP contribution is -2.05. The minimum Gasteiger partial charge on any atom is -0.478 e. The Balaban J connectivity index is 3.02. The first-order valence-corrected chi connectivity index (χ1v) is 5.08. The molecule has 0 amide bonds. The quantitative estimate of drug-likeness (QED) is 0.780. The highest BCUT2D eigenvalue weighted by atomic mass is 35.5. The van der Waals surface area contributed by atoms with Crippen LogP contribution < -0.4 is 0 Å². The third kappa shape index (κ3) is 2.48. The number of carbonyl (C=O) groups is 1. The van der Waals surface area contributed by atoms with Crippen molar-refractivity contribution in [2.24, 2.45) is 0 Å². The van der Waals surface area contributed by atoms with Crippen LogP contribution in [0.2, 0.25) is 0 Å². The molecule has 0 bridgehead atoms. The number of carboxylic acid groups (broad SMARTS) is 1. The van der Waals surface area contributed by atoms with E-state index >= 15 is 0 Å². The largest absolute Gasteiger partial charge is 0.478 e. The second kappa shape index (κ2) is 5.01. The summed E-state index contributed by atoms with van der Waals surface area (Å²) in [5.74, 6) is -0.292. The van der Waals surface area contributed by atoms with Crippen LogP contribution in [0.25, 0.3) is 0 Å². The van der Waals surface area contributed by atoms with Crippen LogP contribution in [0.5, 0.6) is 0 Å². The van der Waals surface area contributed by atoms with Crippen molar-refractivity contribution in [3.63, 3.8) is 0 Å². The van der Waals surface area contributed by atoms with E-state index in [9.17, 15) is 4.79 Å². The normalized spacial score (nSPS) is 10.1. The summed E-state index contributed by atoms with van der Waals surface area (Å²) in [5, 5.41) is 9.01. The van der Waals surface area contributed by atoms with E-state index in [4.69, 9.17) is 16.7 Å². The molecule has 0 radical (unpaired) electrons. The van der Waals surface area contributed by atoms with Gasteiger partial charge < -0.3 is 5.11 Å². The van der Waals surface area contributed by atoms with E-state index in [0.717, 1.165) is 24.0 Å². The second-order valence-corrected chi connectivity index (χ2v) is 3.58. The van der Waals surface area contributed by atoms with Gasteiger partial charge in [-0.2, -0.15) is 0 Å².